The Kier molecular flexibility index (Phi) is 5.53. The maximum absolute atomic E-state index is 14.1. The number of hydrogen-bond acceptors (Lipinski definition) is 5. The normalized spacial score (nSPS) is 23.9. The van der Waals surface area contributed by atoms with Gasteiger partial charge in [-0.3, -0.25) is 4.79 Å². The Hall–Kier alpha value is -2.47. The highest BCUT2D eigenvalue weighted by molar-refractivity contribution is 5.88. The maximum atomic E-state index is 14.1. The van der Waals surface area contributed by atoms with Crippen molar-refractivity contribution < 1.29 is 9.53 Å². The maximum Gasteiger partial charge on any atom is 0.233 e. The van der Waals surface area contributed by atoms with Gasteiger partial charge in [0.15, 0.2) is 0 Å². The number of piperidine rings is 1. The molecule has 30 heavy (non-hydrogen) atoms. The Morgan fingerprint density at radius 1 is 1.13 bits per heavy atom. The third kappa shape index (κ3) is 3.81. The molecule has 2 aromatic rings. The van der Waals surface area contributed by atoms with Crippen LogP contribution in [0.25, 0.3) is 0 Å². The van der Waals surface area contributed by atoms with E-state index in [2.05, 4.69) is 53.0 Å². The van der Waals surface area contributed by atoms with Crippen molar-refractivity contribution in [3.8, 4) is 0 Å². The number of amides is 1. The van der Waals surface area contributed by atoms with Crippen molar-refractivity contribution >= 4 is 11.7 Å². The minimum absolute atomic E-state index is 0.223. The highest BCUT2D eigenvalue weighted by Crippen LogP contribution is 2.40. The molecule has 2 N–H and O–H groups in total. The van der Waals surface area contributed by atoms with Crippen molar-refractivity contribution in [1.29, 1.82) is 0 Å². The van der Waals surface area contributed by atoms with Crippen LogP contribution in [0.3, 0.4) is 0 Å². The second-order valence-electron chi connectivity index (χ2n) is 9.18. The topological polar surface area (TPSA) is 81.3 Å². The van der Waals surface area contributed by atoms with E-state index in [0.717, 1.165) is 43.5 Å². The standard InChI is InChI=1S/C24H32N4O2/c1-17-6-4-7-19(14-17)24(9-12-30-13-10-24)22(29)28-11-5-8-23(3,16-28)20-15-21(25)27-18(2)26-20/h4,6-7,14-15H,5,8-13,16H2,1-3H3,(H2,25,26,27). The first-order chi connectivity index (χ1) is 14.3. The monoisotopic (exact) mass is 408 g/mol. The molecule has 2 saturated heterocycles. The lowest BCUT2D eigenvalue weighted by Gasteiger charge is -2.46. The first-order valence-electron chi connectivity index (χ1n) is 10.9. The molecule has 1 aromatic carbocycles. The van der Waals surface area contributed by atoms with E-state index in [1.807, 2.05) is 13.0 Å². The zero-order chi connectivity index (χ0) is 21.4. The summed E-state index contributed by atoms with van der Waals surface area (Å²) in [4.78, 5) is 25.0. The van der Waals surface area contributed by atoms with Gasteiger partial charge in [0.05, 0.1) is 11.1 Å². The third-order valence-electron chi connectivity index (χ3n) is 6.79. The predicted molar refractivity (Wildman–Crippen MR) is 117 cm³/mol. The van der Waals surface area contributed by atoms with E-state index >= 15 is 0 Å². The molecule has 2 aliphatic rings. The first-order valence-corrected chi connectivity index (χ1v) is 10.9. The van der Waals surface area contributed by atoms with Gasteiger partial charge in [-0.05, 0) is 45.1 Å². The summed E-state index contributed by atoms with van der Waals surface area (Å²) < 4.78 is 5.65. The number of anilines is 1. The van der Waals surface area contributed by atoms with Crippen molar-refractivity contribution in [2.75, 3.05) is 32.0 Å². The highest BCUT2D eigenvalue weighted by atomic mass is 16.5. The van der Waals surface area contributed by atoms with Crippen LogP contribution < -0.4 is 5.73 Å². The second-order valence-corrected chi connectivity index (χ2v) is 9.18. The molecule has 2 aliphatic heterocycles. The summed E-state index contributed by atoms with van der Waals surface area (Å²) in [5, 5.41) is 0. The van der Waals surface area contributed by atoms with E-state index in [4.69, 9.17) is 10.5 Å². The lowest BCUT2D eigenvalue weighted by atomic mass is 9.71. The van der Waals surface area contributed by atoms with Gasteiger partial charge in [-0.1, -0.05) is 36.8 Å². The van der Waals surface area contributed by atoms with Gasteiger partial charge in [-0.15, -0.1) is 0 Å². The number of aryl methyl sites for hydroxylation is 2. The van der Waals surface area contributed by atoms with Crippen LogP contribution in [0.5, 0.6) is 0 Å². The van der Waals surface area contributed by atoms with Gasteiger partial charge in [0.25, 0.3) is 0 Å². The van der Waals surface area contributed by atoms with Crippen LogP contribution in [0.4, 0.5) is 5.82 Å². The van der Waals surface area contributed by atoms with Gasteiger partial charge >= 0.3 is 0 Å². The Balaban J connectivity index is 1.67. The molecule has 160 valence electrons. The predicted octanol–water partition coefficient (Wildman–Crippen LogP) is 3.30. The fourth-order valence-corrected chi connectivity index (χ4v) is 5.11. The quantitative estimate of drug-likeness (QED) is 0.843. The first kappa shape index (κ1) is 20.8. The van der Waals surface area contributed by atoms with Crippen LogP contribution in [-0.4, -0.2) is 47.1 Å². The number of rotatable bonds is 3. The van der Waals surface area contributed by atoms with E-state index in [-0.39, 0.29) is 11.3 Å². The Bertz CT molecular complexity index is 918. The van der Waals surface area contributed by atoms with Crippen molar-refractivity contribution in [2.45, 2.75) is 57.3 Å². The Morgan fingerprint density at radius 2 is 1.90 bits per heavy atom. The van der Waals surface area contributed by atoms with Crippen molar-refractivity contribution in [2.24, 2.45) is 0 Å². The van der Waals surface area contributed by atoms with E-state index < -0.39 is 5.41 Å². The fraction of sp³-hybridized carbons (Fsp3) is 0.542. The van der Waals surface area contributed by atoms with Gasteiger partial charge < -0.3 is 15.4 Å². The number of nitrogens with zero attached hydrogens (tertiary/aromatic N) is 3. The average molecular weight is 409 g/mol. The van der Waals surface area contributed by atoms with Gasteiger partial charge in [0.2, 0.25) is 5.91 Å². The number of hydrogen-bond donors (Lipinski definition) is 1. The molecule has 1 aromatic heterocycles. The number of ether oxygens (including phenoxy) is 1. The van der Waals surface area contributed by atoms with E-state index in [0.29, 0.717) is 31.4 Å². The largest absolute Gasteiger partial charge is 0.384 e. The molecule has 6 nitrogen and oxygen atoms in total. The van der Waals surface area contributed by atoms with Gasteiger partial charge in [-0.2, -0.15) is 0 Å². The molecule has 4 rings (SSSR count). The number of benzene rings is 1. The molecular weight excluding hydrogens is 376 g/mol. The number of aromatic nitrogens is 2. The SMILES string of the molecule is Cc1cccc(C2(C(=O)N3CCCC(C)(c4cc(N)nc(C)n4)C3)CCOCC2)c1. The van der Waals surface area contributed by atoms with Crippen molar-refractivity contribution in [3.63, 3.8) is 0 Å². The Morgan fingerprint density at radius 3 is 2.60 bits per heavy atom. The summed E-state index contributed by atoms with van der Waals surface area (Å²) in [5.41, 5.74) is 8.49. The number of carbonyl (C=O) groups excluding carboxylic acids is 1. The van der Waals surface area contributed by atoms with Crippen molar-refractivity contribution in [1.82, 2.24) is 14.9 Å². The molecular formula is C24H32N4O2. The molecule has 0 radical (unpaired) electrons. The van der Waals surface area contributed by atoms with Crippen LogP contribution in [0.1, 0.15) is 55.3 Å². The minimum atomic E-state index is -0.511. The summed E-state index contributed by atoms with van der Waals surface area (Å²) >= 11 is 0. The van der Waals surface area contributed by atoms with Crippen LogP contribution >= 0.6 is 0 Å². The zero-order valence-electron chi connectivity index (χ0n) is 18.3. The van der Waals surface area contributed by atoms with Crippen molar-refractivity contribution in [3.05, 3.63) is 53.0 Å². The van der Waals surface area contributed by atoms with Gasteiger partial charge in [-0.25, -0.2) is 9.97 Å². The molecule has 1 atom stereocenters. The molecule has 1 unspecified atom stereocenters. The summed E-state index contributed by atoms with van der Waals surface area (Å²) in [7, 11) is 0. The summed E-state index contributed by atoms with van der Waals surface area (Å²) in [6.07, 6.45) is 3.38. The van der Waals surface area contributed by atoms with Crippen LogP contribution in [0, 0.1) is 13.8 Å². The molecule has 0 aliphatic carbocycles. The van der Waals surface area contributed by atoms with E-state index in [9.17, 15) is 4.79 Å². The minimum Gasteiger partial charge on any atom is -0.384 e. The van der Waals surface area contributed by atoms with E-state index in [1.165, 1.54) is 5.56 Å². The zero-order valence-corrected chi connectivity index (χ0v) is 18.3. The summed E-state index contributed by atoms with van der Waals surface area (Å²) in [6, 6.07) is 10.3. The average Bonchev–Trinajstić information content (AvgIpc) is 2.73. The number of nitrogen functional groups attached to an aromatic ring is 1. The molecule has 2 fully saturated rings. The third-order valence-corrected chi connectivity index (χ3v) is 6.79. The van der Waals surface area contributed by atoms with Crippen LogP contribution in [-0.2, 0) is 20.4 Å². The molecule has 1 amide bonds. The van der Waals surface area contributed by atoms with Gasteiger partial charge in [0.1, 0.15) is 11.6 Å². The number of carbonyl (C=O) groups is 1. The summed E-state index contributed by atoms with van der Waals surface area (Å²) in [6.45, 7) is 8.80. The van der Waals surface area contributed by atoms with Gasteiger partial charge in [0, 0.05) is 37.8 Å². The summed E-state index contributed by atoms with van der Waals surface area (Å²) in [5.74, 6) is 1.39. The molecule has 0 spiro atoms. The smallest absolute Gasteiger partial charge is 0.233 e. The number of nitrogens with two attached hydrogens (primary N) is 1. The number of likely N-dealkylation sites (tertiary alicyclic amines) is 1. The molecule has 0 bridgehead atoms. The molecule has 6 heteroatoms. The molecule has 0 saturated carbocycles. The van der Waals surface area contributed by atoms with E-state index in [1.54, 1.807) is 0 Å². The lowest BCUT2D eigenvalue weighted by Crippen LogP contribution is -2.55. The second kappa shape index (κ2) is 7.99. The Labute approximate surface area is 178 Å². The molecule has 3 heterocycles. The van der Waals surface area contributed by atoms with Crippen LogP contribution in [0.15, 0.2) is 30.3 Å². The highest BCUT2D eigenvalue weighted by Gasteiger charge is 2.46. The lowest BCUT2D eigenvalue weighted by molar-refractivity contribution is -0.143. The fourth-order valence-electron chi connectivity index (χ4n) is 5.11. The van der Waals surface area contributed by atoms with Crippen LogP contribution in [0.2, 0.25) is 0 Å².